The van der Waals surface area contributed by atoms with Crippen molar-refractivity contribution in [3.8, 4) is 11.1 Å². The quantitative estimate of drug-likeness (QED) is 0.444. The molecule has 4 heterocycles. The number of likely N-dealkylation sites (tertiary alicyclic amines) is 1. The minimum Gasteiger partial charge on any atom is -0.444 e. The Morgan fingerprint density at radius 2 is 2.09 bits per heavy atom. The Bertz CT molecular complexity index is 1220. The number of carbonyl (C=O) groups excluding carboxylic acids is 2. The van der Waals surface area contributed by atoms with E-state index in [9.17, 15) is 9.59 Å². The summed E-state index contributed by atoms with van der Waals surface area (Å²) >= 11 is 3.60. The zero-order valence-electron chi connectivity index (χ0n) is 20.3. The van der Waals surface area contributed by atoms with Crippen molar-refractivity contribution >= 4 is 39.4 Å². The number of nitrogens with one attached hydrogen (secondary N) is 2. The molecule has 1 aliphatic heterocycles. The second-order valence-electron chi connectivity index (χ2n) is 9.69. The van der Waals surface area contributed by atoms with Crippen molar-refractivity contribution in [1.29, 1.82) is 0 Å². The smallest absolute Gasteiger partial charge is 0.410 e. The van der Waals surface area contributed by atoms with Crippen LogP contribution in [0.1, 0.15) is 58.6 Å². The number of nitrogens with zero attached hydrogens (tertiary/aromatic N) is 5. The van der Waals surface area contributed by atoms with E-state index in [1.54, 1.807) is 23.1 Å². The number of fused-ring (bicyclic) bond motifs is 1. The number of anilines is 1. The third-order valence-corrected chi connectivity index (χ3v) is 6.72. The zero-order chi connectivity index (χ0) is 25.3. The topological polar surface area (TPSA) is 144 Å². The lowest BCUT2D eigenvalue weighted by molar-refractivity contribution is -0.127. The fourth-order valence-electron chi connectivity index (χ4n) is 4.24. The number of hydrogen-bond donors (Lipinski definition) is 3. The molecule has 0 radical (unpaired) electrons. The van der Waals surface area contributed by atoms with Gasteiger partial charge in [0.2, 0.25) is 5.91 Å². The average molecular weight is 547 g/mol. The fraction of sp³-hybridized carbons (Fsp3) is 0.522. The Morgan fingerprint density at radius 3 is 2.74 bits per heavy atom. The van der Waals surface area contributed by atoms with Crippen LogP contribution in [-0.2, 0) is 9.53 Å². The molecule has 1 fully saturated rings. The number of halogens is 1. The Labute approximate surface area is 211 Å². The number of ether oxygens (including phenoxy) is 1. The lowest BCUT2D eigenvalue weighted by atomic mass is 9.89. The highest BCUT2D eigenvalue weighted by Gasteiger charge is 2.40. The third kappa shape index (κ3) is 5.12. The van der Waals surface area contributed by atoms with Gasteiger partial charge in [-0.25, -0.2) is 9.78 Å². The SMILES string of the molecule is CCCNC(=O)[C@@H]1CC[C@H](c2nc3c(-c4cn[nH]c4)cnn3c(N)c2Br)CN1C(=O)OC(C)(C)C. The molecule has 4 rings (SSSR count). The van der Waals surface area contributed by atoms with Gasteiger partial charge in [0.25, 0.3) is 0 Å². The molecule has 0 saturated carbocycles. The van der Waals surface area contributed by atoms with E-state index in [0.29, 0.717) is 41.0 Å². The summed E-state index contributed by atoms with van der Waals surface area (Å²) in [6.07, 6.45) is 6.58. The van der Waals surface area contributed by atoms with Gasteiger partial charge in [0.05, 0.1) is 22.6 Å². The Balaban J connectivity index is 1.70. The van der Waals surface area contributed by atoms with Gasteiger partial charge in [0.15, 0.2) is 5.65 Å². The van der Waals surface area contributed by atoms with Crippen molar-refractivity contribution < 1.29 is 14.3 Å². The van der Waals surface area contributed by atoms with Crippen LogP contribution in [0.3, 0.4) is 0 Å². The van der Waals surface area contributed by atoms with Gasteiger partial charge >= 0.3 is 6.09 Å². The molecular formula is C23H31BrN8O3. The zero-order valence-corrected chi connectivity index (χ0v) is 21.9. The summed E-state index contributed by atoms with van der Waals surface area (Å²) in [6, 6.07) is -0.607. The van der Waals surface area contributed by atoms with Crippen LogP contribution in [0.2, 0.25) is 0 Å². The molecule has 12 heteroatoms. The average Bonchev–Trinajstić information content (AvgIpc) is 3.48. The standard InChI is InChI=1S/C23H31BrN8O3/c1-5-8-26-21(33)16-7-6-13(12-31(16)22(34)35-23(2,3)4)18-17(24)19(25)32-20(30-18)15(11-29-32)14-9-27-28-10-14/h9-11,13,16H,5-8,12,25H2,1-4H3,(H,26,33)(H,27,28)/t13-,16-/m0/s1. The van der Waals surface area contributed by atoms with Crippen molar-refractivity contribution in [2.24, 2.45) is 0 Å². The first-order chi connectivity index (χ1) is 16.6. The molecule has 0 spiro atoms. The summed E-state index contributed by atoms with van der Waals surface area (Å²) in [5.74, 6) is 0.0778. The van der Waals surface area contributed by atoms with Gasteiger partial charge in [0.1, 0.15) is 17.5 Å². The fourth-order valence-corrected chi connectivity index (χ4v) is 4.82. The van der Waals surface area contributed by atoms with E-state index >= 15 is 0 Å². The maximum atomic E-state index is 13.2. The van der Waals surface area contributed by atoms with Gasteiger partial charge in [-0.1, -0.05) is 6.92 Å². The number of carbonyl (C=O) groups is 2. The molecule has 0 bridgehead atoms. The third-order valence-electron chi connectivity index (χ3n) is 5.91. The van der Waals surface area contributed by atoms with Crippen molar-refractivity contribution in [2.45, 2.75) is 64.5 Å². The summed E-state index contributed by atoms with van der Waals surface area (Å²) in [6.45, 7) is 8.24. The molecule has 1 aliphatic rings. The number of rotatable bonds is 5. The molecule has 11 nitrogen and oxygen atoms in total. The van der Waals surface area contributed by atoms with Crippen molar-refractivity contribution in [3.63, 3.8) is 0 Å². The predicted octanol–water partition coefficient (Wildman–Crippen LogP) is 3.47. The van der Waals surface area contributed by atoms with Crippen molar-refractivity contribution in [3.05, 3.63) is 28.8 Å². The maximum absolute atomic E-state index is 13.2. The molecule has 2 amide bonds. The number of nitrogen functional groups attached to an aromatic ring is 1. The normalized spacial score (nSPS) is 18.6. The molecule has 0 aliphatic carbocycles. The molecule has 3 aromatic rings. The second kappa shape index (κ2) is 9.84. The summed E-state index contributed by atoms with van der Waals surface area (Å²) in [5, 5.41) is 14.1. The molecule has 188 valence electrons. The van der Waals surface area contributed by atoms with E-state index in [2.05, 4.69) is 36.5 Å². The minimum absolute atomic E-state index is 0.161. The van der Waals surface area contributed by atoms with Crippen LogP contribution in [0.25, 0.3) is 16.8 Å². The van der Waals surface area contributed by atoms with E-state index in [-0.39, 0.29) is 18.4 Å². The van der Waals surface area contributed by atoms with Crippen LogP contribution < -0.4 is 11.1 Å². The molecule has 0 unspecified atom stereocenters. The minimum atomic E-state index is -0.687. The number of amides is 2. The first kappa shape index (κ1) is 25.0. The number of hydrogen-bond acceptors (Lipinski definition) is 7. The Hall–Kier alpha value is -3.15. The number of aromatic nitrogens is 5. The van der Waals surface area contributed by atoms with Crippen LogP contribution in [0.5, 0.6) is 0 Å². The number of piperidine rings is 1. The summed E-state index contributed by atoms with van der Waals surface area (Å²) in [4.78, 5) is 32.5. The van der Waals surface area contributed by atoms with Crippen LogP contribution in [0.15, 0.2) is 23.1 Å². The molecule has 1 saturated heterocycles. The Kier molecular flexibility index (Phi) is 7.02. The Morgan fingerprint density at radius 1 is 1.31 bits per heavy atom. The maximum Gasteiger partial charge on any atom is 0.410 e. The number of nitrogens with two attached hydrogens (primary N) is 1. The van der Waals surface area contributed by atoms with Gasteiger partial charge < -0.3 is 15.8 Å². The van der Waals surface area contributed by atoms with E-state index in [0.717, 1.165) is 17.5 Å². The van der Waals surface area contributed by atoms with Gasteiger partial charge in [-0.3, -0.25) is 14.8 Å². The van der Waals surface area contributed by atoms with Crippen LogP contribution in [-0.4, -0.2) is 66.4 Å². The summed E-state index contributed by atoms with van der Waals surface area (Å²) in [7, 11) is 0. The monoisotopic (exact) mass is 546 g/mol. The largest absolute Gasteiger partial charge is 0.444 e. The lowest BCUT2D eigenvalue weighted by Crippen LogP contribution is -2.54. The highest BCUT2D eigenvalue weighted by atomic mass is 79.9. The van der Waals surface area contributed by atoms with Crippen LogP contribution >= 0.6 is 15.9 Å². The van der Waals surface area contributed by atoms with Gasteiger partial charge in [-0.15, -0.1) is 0 Å². The van der Waals surface area contributed by atoms with E-state index in [1.165, 1.54) is 4.90 Å². The second-order valence-corrected chi connectivity index (χ2v) is 10.5. The van der Waals surface area contributed by atoms with Crippen molar-refractivity contribution in [1.82, 2.24) is 35.0 Å². The first-order valence-electron chi connectivity index (χ1n) is 11.7. The predicted molar refractivity (Wildman–Crippen MR) is 135 cm³/mol. The van der Waals surface area contributed by atoms with Gasteiger partial charge in [-0.05, 0) is 56.0 Å². The van der Waals surface area contributed by atoms with Gasteiger partial charge in [0, 0.05) is 36.3 Å². The molecule has 35 heavy (non-hydrogen) atoms. The molecule has 4 N–H and O–H groups in total. The number of H-pyrrole nitrogens is 1. The number of aromatic amines is 1. The highest BCUT2D eigenvalue weighted by Crippen LogP contribution is 2.38. The van der Waals surface area contributed by atoms with E-state index in [4.69, 9.17) is 15.5 Å². The van der Waals surface area contributed by atoms with Crippen LogP contribution in [0.4, 0.5) is 10.6 Å². The molecule has 2 atom stereocenters. The van der Waals surface area contributed by atoms with Crippen molar-refractivity contribution in [2.75, 3.05) is 18.8 Å². The first-order valence-corrected chi connectivity index (χ1v) is 12.5. The van der Waals surface area contributed by atoms with E-state index < -0.39 is 17.7 Å². The summed E-state index contributed by atoms with van der Waals surface area (Å²) < 4.78 is 7.85. The molecule has 0 aromatic carbocycles. The molecular weight excluding hydrogens is 516 g/mol. The highest BCUT2D eigenvalue weighted by molar-refractivity contribution is 9.10. The van der Waals surface area contributed by atoms with E-state index in [1.807, 2.05) is 27.7 Å². The summed E-state index contributed by atoms with van der Waals surface area (Å²) in [5.41, 5.74) is 8.66. The molecule has 3 aromatic heterocycles. The van der Waals surface area contributed by atoms with Crippen LogP contribution in [0, 0.1) is 0 Å². The van der Waals surface area contributed by atoms with Gasteiger partial charge in [-0.2, -0.15) is 14.7 Å². The lowest BCUT2D eigenvalue weighted by Gasteiger charge is -2.39.